The van der Waals surface area contributed by atoms with Crippen LogP contribution in [-0.2, 0) is 17.4 Å². The Labute approximate surface area is 185 Å². The Kier molecular flexibility index (Phi) is 5.22. The molecule has 1 atom stereocenters. The molecule has 1 fully saturated rings. The molecule has 4 aromatic rings. The molecule has 0 aliphatic carbocycles. The number of aryl methyl sites for hydroxylation is 1. The number of rotatable bonds is 6. The van der Waals surface area contributed by atoms with Crippen molar-refractivity contribution >= 4 is 33.5 Å². The van der Waals surface area contributed by atoms with Gasteiger partial charge in [0.15, 0.2) is 22.6 Å². The van der Waals surface area contributed by atoms with E-state index in [2.05, 4.69) is 14.9 Å². The van der Waals surface area contributed by atoms with Crippen LogP contribution in [0.5, 0.6) is 0 Å². The fourth-order valence-electron chi connectivity index (χ4n) is 3.45. The monoisotopic (exact) mass is 454 g/mol. The molecule has 10 heteroatoms. The lowest BCUT2D eigenvalue weighted by atomic mass is 10.1. The molecular formula is C22H19FN4O4S. The maximum Gasteiger partial charge on any atom is 0.298 e. The molecule has 0 saturated carbocycles. The van der Waals surface area contributed by atoms with E-state index in [1.165, 1.54) is 12.1 Å². The number of anilines is 1. The molecule has 0 radical (unpaired) electrons. The first-order chi connectivity index (χ1) is 15.5. The van der Waals surface area contributed by atoms with Crippen molar-refractivity contribution < 1.29 is 22.3 Å². The van der Waals surface area contributed by atoms with Crippen molar-refractivity contribution in [3.63, 3.8) is 0 Å². The molecule has 1 aliphatic heterocycles. The number of hydrogen-bond donors (Lipinski definition) is 1. The highest BCUT2D eigenvalue weighted by molar-refractivity contribution is 7.83. The summed E-state index contributed by atoms with van der Waals surface area (Å²) in [6.07, 6.45) is 1.65. The molecule has 1 saturated heterocycles. The number of hydrogen-bond acceptors (Lipinski definition) is 7. The van der Waals surface area contributed by atoms with Crippen molar-refractivity contribution in [3.05, 3.63) is 59.9 Å². The van der Waals surface area contributed by atoms with Crippen molar-refractivity contribution in [1.29, 1.82) is 0 Å². The summed E-state index contributed by atoms with van der Waals surface area (Å²) in [7, 11) is -1.94. The Hall–Kier alpha value is -3.53. The Morgan fingerprint density at radius 1 is 1.25 bits per heavy atom. The summed E-state index contributed by atoms with van der Waals surface area (Å²) in [4.78, 5) is 19.3. The van der Waals surface area contributed by atoms with E-state index >= 15 is 0 Å². The quantitative estimate of drug-likeness (QED) is 0.472. The first kappa shape index (κ1) is 20.4. The van der Waals surface area contributed by atoms with Crippen molar-refractivity contribution in [2.45, 2.75) is 24.7 Å². The van der Waals surface area contributed by atoms with Gasteiger partial charge >= 0.3 is 0 Å². The van der Waals surface area contributed by atoms with Gasteiger partial charge in [-0.2, -0.15) is 4.98 Å². The van der Waals surface area contributed by atoms with Gasteiger partial charge in [0.2, 0.25) is 0 Å². The maximum atomic E-state index is 14.5. The zero-order chi connectivity index (χ0) is 22.2. The SMILES string of the molecule is CCc1noc(-c2ccccc2S(=O)NC(=O)c2cc3c(F)cc(N4CCC4)cc3o2)n1. The predicted octanol–water partition coefficient (Wildman–Crippen LogP) is 3.85. The molecule has 2 aromatic heterocycles. The number of aromatic nitrogens is 2. The molecule has 1 aliphatic rings. The average molecular weight is 454 g/mol. The van der Waals surface area contributed by atoms with E-state index in [0.29, 0.717) is 28.4 Å². The topological polar surface area (TPSA) is 101 Å². The molecular weight excluding hydrogens is 435 g/mol. The van der Waals surface area contributed by atoms with Gasteiger partial charge in [-0.05, 0) is 24.6 Å². The molecule has 3 heterocycles. The van der Waals surface area contributed by atoms with Crippen molar-refractivity contribution in [2.24, 2.45) is 0 Å². The highest BCUT2D eigenvalue weighted by atomic mass is 32.2. The average Bonchev–Trinajstić information content (AvgIpc) is 3.40. The summed E-state index contributed by atoms with van der Waals surface area (Å²) in [5, 5.41) is 4.05. The number of carbonyl (C=O) groups is 1. The smallest absolute Gasteiger partial charge is 0.298 e. The molecule has 1 N–H and O–H groups in total. The number of benzene rings is 2. The minimum atomic E-state index is -1.94. The summed E-state index contributed by atoms with van der Waals surface area (Å²) in [6, 6.07) is 11.2. The van der Waals surface area contributed by atoms with E-state index in [9.17, 15) is 13.4 Å². The second-order valence-corrected chi connectivity index (χ2v) is 8.54. The van der Waals surface area contributed by atoms with Crippen molar-refractivity contribution in [1.82, 2.24) is 14.9 Å². The molecule has 5 rings (SSSR count). The molecule has 164 valence electrons. The lowest BCUT2D eigenvalue weighted by Crippen LogP contribution is -2.36. The third kappa shape index (κ3) is 3.66. The van der Waals surface area contributed by atoms with Gasteiger partial charge in [-0.25, -0.2) is 8.60 Å². The van der Waals surface area contributed by atoms with Gasteiger partial charge in [-0.3, -0.25) is 9.52 Å². The molecule has 0 bridgehead atoms. The van der Waals surface area contributed by atoms with Crippen LogP contribution in [-0.4, -0.2) is 33.3 Å². The molecule has 1 unspecified atom stereocenters. The Morgan fingerprint density at radius 2 is 2.06 bits per heavy atom. The van der Waals surface area contributed by atoms with E-state index < -0.39 is 22.7 Å². The fraction of sp³-hybridized carbons (Fsp3) is 0.227. The fourth-order valence-corrected chi connectivity index (χ4v) is 4.39. The summed E-state index contributed by atoms with van der Waals surface area (Å²) in [6.45, 7) is 3.61. The van der Waals surface area contributed by atoms with Crippen LogP contribution < -0.4 is 9.62 Å². The van der Waals surface area contributed by atoms with Crippen molar-refractivity contribution in [3.8, 4) is 11.5 Å². The van der Waals surface area contributed by atoms with E-state index in [1.54, 1.807) is 30.3 Å². The summed E-state index contributed by atoms with van der Waals surface area (Å²) in [5.74, 6) is -0.590. The minimum Gasteiger partial charge on any atom is -0.451 e. The lowest BCUT2D eigenvalue weighted by molar-refractivity contribution is 0.0958. The van der Waals surface area contributed by atoms with Crippen molar-refractivity contribution in [2.75, 3.05) is 18.0 Å². The molecule has 1 amide bonds. The highest BCUT2D eigenvalue weighted by Crippen LogP contribution is 2.30. The molecule has 32 heavy (non-hydrogen) atoms. The zero-order valence-corrected chi connectivity index (χ0v) is 17.9. The van der Waals surface area contributed by atoms with E-state index in [4.69, 9.17) is 8.94 Å². The van der Waals surface area contributed by atoms with Gasteiger partial charge in [-0.15, -0.1) is 0 Å². The second-order valence-electron chi connectivity index (χ2n) is 7.36. The number of nitrogens with zero attached hydrogens (tertiary/aromatic N) is 3. The Morgan fingerprint density at radius 3 is 2.78 bits per heavy atom. The number of fused-ring (bicyclic) bond motifs is 1. The van der Waals surface area contributed by atoms with Gasteiger partial charge in [0.25, 0.3) is 11.8 Å². The third-order valence-electron chi connectivity index (χ3n) is 5.30. The van der Waals surface area contributed by atoms with Crippen LogP contribution in [0.25, 0.3) is 22.4 Å². The summed E-state index contributed by atoms with van der Waals surface area (Å²) in [5.41, 5.74) is 1.43. The first-order valence-corrected chi connectivity index (χ1v) is 11.3. The zero-order valence-electron chi connectivity index (χ0n) is 17.1. The van der Waals surface area contributed by atoms with Crippen LogP contribution in [0.4, 0.5) is 10.1 Å². The van der Waals surface area contributed by atoms with E-state index in [-0.39, 0.29) is 22.6 Å². The predicted molar refractivity (Wildman–Crippen MR) is 116 cm³/mol. The number of furan rings is 1. The second kappa shape index (κ2) is 8.19. The van der Waals surface area contributed by atoms with Crippen LogP contribution >= 0.6 is 0 Å². The molecule has 8 nitrogen and oxygen atoms in total. The Bertz CT molecular complexity index is 1340. The number of amides is 1. The highest BCUT2D eigenvalue weighted by Gasteiger charge is 2.23. The van der Waals surface area contributed by atoms with Gasteiger partial charge in [0.05, 0.1) is 15.8 Å². The summed E-state index contributed by atoms with van der Waals surface area (Å²) >= 11 is 0. The number of carbonyl (C=O) groups excluding carboxylic acids is 1. The first-order valence-electron chi connectivity index (χ1n) is 10.2. The van der Waals surface area contributed by atoms with Crippen LogP contribution in [0.3, 0.4) is 0 Å². The Balaban J connectivity index is 1.40. The largest absolute Gasteiger partial charge is 0.451 e. The number of nitrogens with one attached hydrogen (secondary N) is 1. The lowest BCUT2D eigenvalue weighted by Gasteiger charge is -2.33. The van der Waals surface area contributed by atoms with Gasteiger partial charge in [-0.1, -0.05) is 24.2 Å². The van der Waals surface area contributed by atoms with Crippen LogP contribution in [0.15, 0.2) is 56.3 Å². The van der Waals surface area contributed by atoms with Gasteiger partial charge < -0.3 is 13.8 Å². The third-order valence-corrected chi connectivity index (χ3v) is 6.43. The van der Waals surface area contributed by atoms with Crippen LogP contribution in [0.2, 0.25) is 0 Å². The molecule has 0 spiro atoms. The van der Waals surface area contributed by atoms with E-state index in [1.807, 2.05) is 11.8 Å². The minimum absolute atomic E-state index is 0.128. The summed E-state index contributed by atoms with van der Waals surface area (Å²) < 4.78 is 40.7. The van der Waals surface area contributed by atoms with Crippen LogP contribution in [0, 0.1) is 5.82 Å². The van der Waals surface area contributed by atoms with E-state index in [0.717, 1.165) is 19.5 Å². The maximum absolute atomic E-state index is 14.5. The standard InChI is InChI=1S/C22H19FN4O4S/c1-2-20-24-22(31-25-20)14-6-3-4-7-19(14)32(29)26-21(28)18-12-15-16(23)10-13(11-17(15)30-18)27-8-5-9-27/h3-4,6-7,10-12H,2,5,8-9H2,1H3,(H,26,28). The van der Waals surface area contributed by atoms with Gasteiger partial charge in [0.1, 0.15) is 11.4 Å². The van der Waals surface area contributed by atoms with Crippen LogP contribution in [0.1, 0.15) is 29.7 Å². The molecule has 2 aromatic carbocycles. The number of halogens is 1. The normalized spacial score (nSPS) is 14.4. The van der Waals surface area contributed by atoms with Gasteiger partial charge in [0, 0.05) is 37.3 Å².